The first-order valence-corrected chi connectivity index (χ1v) is 8.80. The lowest BCUT2D eigenvalue weighted by Crippen LogP contribution is -2.30. The summed E-state index contributed by atoms with van der Waals surface area (Å²) in [5.41, 5.74) is 4.44. The molecule has 0 aliphatic rings. The van der Waals surface area contributed by atoms with Gasteiger partial charge in [-0.3, -0.25) is 4.79 Å². The molecule has 1 heterocycles. The van der Waals surface area contributed by atoms with E-state index < -0.39 is 0 Å². The summed E-state index contributed by atoms with van der Waals surface area (Å²) < 4.78 is 14.6. The number of amides is 1. The molecule has 0 unspecified atom stereocenters. The number of anilines is 2. The number of likely N-dealkylation sites (N-methyl/N-ethyl adjacent to an activating group) is 1. The van der Waals surface area contributed by atoms with Crippen LogP contribution < -0.4 is 10.2 Å². The van der Waals surface area contributed by atoms with Crippen molar-refractivity contribution in [2.24, 2.45) is 0 Å². The van der Waals surface area contributed by atoms with Crippen LogP contribution >= 0.6 is 11.3 Å². The van der Waals surface area contributed by atoms with Gasteiger partial charge in [0.25, 0.3) is 0 Å². The molecule has 0 aliphatic heterocycles. The third-order valence-electron chi connectivity index (χ3n) is 4.01. The molecular formula is C19H20FN3OS. The van der Waals surface area contributed by atoms with E-state index in [1.165, 1.54) is 23.0 Å². The average Bonchev–Trinajstić information content (AvgIpc) is 2.96. The Kier molecular flexibility index (Phi) is 4.72. The zero-order valence-corrected chi connectivity index (χ0v) is 15.5. The summed E-state index contributed by atoms with van der Waals surface area (Å²) in [6, 6.07) is 8.97. The van der Waals surface area contributed by atoms with Gasteiger partial charge in [-0.25, -0.2) is 9.37 Å². The smallest absolute Gasteiger partial charge is 0.243 e. The summed E-state index contributed by atoms with van der Waals surface area (Å²) in [5, 5.41) is 3.59. The number of thiazole rings is 1. The van der Waals surface area contributed by atoms with E-state index in [0.717, 1.165) is 21.5 Å². The molecule has 0 fully saturated rings. The van der Waals surface area contributed by atoms with E-state index in [9.17, 15) is 9.18 Å². The SMILES string of the molecule is Cc1cc(C)c(NC(=O)CN(C)c2nc3c(F)cccc3s2)c(C)c1. The van der Waals surface area contributed by atoms with Crippen LogP contribution in [0.25, 0.3) is 10.2 Å². The standard InChI is InChI=1S/C19H20FN3OS/c1-11-8-12(2)17(13(3)9-11)21-16(24)10-23(4)19-22-18-14(20)6-5-7-15(18)25-19/h5-9H,10H2,1-4H3,(H,21,24). The van der Waals surface area contributed by atoms with Crippen LogP contribution in [0.5, 0.6) is 0 Å². The number of nitrogens with zero attached hydrogens (tertiary/aromatic N) is 2. The van der Waals surface area contributed by atoms with Gasteiger partial charge in [-0.1, -0.05) is 35.1 Å². The number of rotatable bonds is 4. The number of fused-ring (bicyclic) bond motifs is 1. The normalized spacial score (nSPS) is 10.9. The number of nitrogens with one attached hydrogen (secondary N) is 1. The van der Waals surface area contributed by atoms with Gasteiger partial charge in [-0.2, -0.15) is 0 Å². The van der Waals surface area contributed by atoms with Crippen molar-refractivity contribution < 1.29 is 9.18 Å². The van der Waals surface area contributed by atoms with Gasteiger partial charge in [-0.05, 0) is 44.0 Å². The van der Waals surface area contributed by atoms with E-state index in [1.807, 2.05) is 39.0 Å². The highest BCUT2D eigenvalue weighted by Crippen LogP contribution is 2.29. The van der Waals surface area contributed by atoms with Crippen molar-refractivity contribution in [2.75, 3.05) is 23.8 Å². The van der Waals surface area contributed by atoms with Crippen molar-refractivity contribution in [1.82, 2.24) is 4.98 Å². The average molecular weight is 357 g/mol. The number of aryl methyl sites for hydroxylation is 3. The predicted octanol–water partition coefficient (Wildman–Crippen LogP) is 4.44. The summed E-state index contributed by atoms with van der Waals surface area (Å²) in [6.45, 7) is 6.14. The van der Waals surface area contributed by atoms with Gasteiger partial charge in [-0.15, -0.1) is 0 Å². The topological polar surface area (TPSA) is 45.2 Å². The van der Waals surface area contributed by atoms with Crippen LogP contribution in [0.2, 0.25) is 0 Å². The number of carbonyl (C=O) groups excluding carboxylic acids is 1. The highest BCUT2D eigenvalue weighted by atomic mass is 32.1. The Hall–Kier alpha value is -2.47. The largest absolute Gasteiger partial charge is 0.342 e. The van der Waals surface area contributed by atoms with Crippen LogP contribution in [0, 0.1) is 26.6 Å². The monoisotopic (exact) mass is 357 g/mol. The fraction of sp³-hybridized carbons (Fsp3) is 0.263. The number of halogens is 1. The van der Waals surface area contributed by atoms with Crippen molar-refractivity contribution in [3.8, 4) is 0 Å². The minimum atomic E-state index is -0.344. The zero-order chi connectivity index (χ0) is 18.1. The molecule has 2 aromatic carbocycles. The van der Waals surface area contributed by atoms with Crippen molar-refractivity contribution >= 4 is 38.3 Å². The maximum atomic E-state index is 13.8. The molecule has 0 radical (unpaired) electrons. The first-order chi connectivity index (χ1) is 11.8. The number of benzene rings is 2. The van der Waals surface area contributed by atoms with Crippen molar-refractivity contribution in [1.29, 1.82) is 0 Å². The minimum Gasteiger partial charge on any atom is -0.342 e. The molecular weight excluding hydrogens is 337 g/mol. The van der Waals surface area contributed by atoms with Crippen molar-refractivity contribution in [3.05, 3.63) is 52.8 Å². The molecule has 0 bridgehead atoms. The fourth-order valence-corrected chi connectivity index (χ4v) is 3.85. The zero-order valence-electron chi connectivity index (χ0n) is 14.7. The van der Waals surface area contributed by atoms with Crippen LogP contribution in [0.4, 0.5) is 15.2 Å². The van der Waals surface area contributed by atoms with Crippen LogP contribution in [0.3, 0.4) is 0 Å². The summed E-state index contributed by atoms with van der Waals surface area (Å²) in [4.78, 5) is 18.5. The van der Waals surface area contributed by atoms with Crippen molar-refractivity contribution in [2.45, 2.75) is 20.8 Å². The van der Waals surface area contributed by atoms with E-state index in [2.05, 4.69) is 10.3 Å². The number of carbonyl (C=O) groups is 1. The van der Waals surface area contributed by atoms with Crippen LogP contribution in [0.15, 0.2) is 30.3 Å². The van der Waals surface area contributed by atoms with Gasteiger partial charge in [0.15, 0.2) is 5.13 Å². The van der Waals surface area contributed by atoms with Gasteiger partial charge in [0, 0.05) is 12.7 Å². The molecule has 0 atom stereocenters. The lowest BCUT2D eigenvalue weighted by atomic mass is 10.1. The molecule has 1 N–H and O–H groups in total. The van der Waals surface area contributed by atoms with Crippen LogP contribution in [-0.2, 0) is 4.79 Å². The van der Waals surface area contributed by atoms with E-state index in [1.54, 1.807) is 18.0 Å². The predicted molar refractivity (Wildman–Crippen MR) is 102 cm³/mol. The highest BCUT2D eigenvalue weighted by molar-refractivity contribution is 7.22. The molecule has 0 aliphatic carbocycles. The molecule has 1 aromatic heterocycles. The second-order valence-corrected chi connectivity index (χ2v) is 7.27. The third-order valence-corrected chi connectivity index (χ3v) is 5.14. The molecule has 6 heteroatoms. The highest BCUT2D eigenvalue weighted by Gasteiger charge is 2.15. The van der Waals surface area contributed by atoms with Crippen LogP contribution in [0.1, 0.15) is 16.7 Å². The molecule has 4 nitrogen and oxygen atoms in total. The Labute approximate surface area is 150 Å². The number of aromatic nitrogens is 1. The molecule has 25 heavy (non-hydrogen) atoms. The third kappa shape index (κ3) is 3.64. The molecule has 0 saturated carbocycles. The maximum absolute atomic E-state index is 13.8. The van der Waals surface area contributed by atoms with Gasteiger partial charge >= 0.3 is 0 Å². The Morgan fingerprint density at radius 3 is 2.56 bits per heavy atom. The Morgan fingerprint density at radius 1 is 1.24 bits per heavy atom. The minimum absolute atomic E-state index is 0.128. The second kappa shape index (κ2) is 6.80. The molecule has 3 aromatic rings. The number of hydrogen-bond acceptors (Lipinski definition) is 4. The van der Waals surface area contributed by atoms with E-state index >= 15 is 0 Å². The molecule has 1 amide bonds. The fourth-order valence-electron chi connectivity index (χ4n) is 2.91. The van der Waals surface area contributed by atoms with E-state index in [0.29, 0.717) is 10.6 Å². The Morgan fingerprint density at radius 2 is 1.92 bits per heavy atom. The Balaban J connectivity index is 1.75. The van der Waals surface area contributed by atoms with Gasteiger partial charge in [0.1, 0.15) is 11.3 Å². The van der Waals surface area contributed by atoms with E-state index in [-0.39, 0.29) is 18.3 Å². The van der Waals surface area contributed by atoms with Crippen LogP contribution in [-0.4, -0.2) is 24.5 Å². The van der Waals surface area contributed by atoms with Crippen molar-refractivity contribution in [3.63, 3.8) is 0 Å². The molecule has 0 spiro atoms. The summed E-state index contributed by atoms with van der Waals surface area (Å²) >= 11 is 1.37. The first-order valence-electron chi connectivity index (χ1n) is 7.99. The number of hydrogen-bond donors (Lipinski definition) is 1. The summed E-state index contributed by atoms with van der Waals surface area (Å²) in [6.07, 6.45) is 0. The van der Waals surface area contributed by atoms with Gasteiger partial charge in [0.2, 0.25) is 5.91 Å². The molecule has 0 saturated heterocycles. The van der Waals surface area contributed by atoms with Gasteiger partial charge < -0.3 is 10.2 Å². The molecule has 130 valence electrons. The lowest BCUT2D eigenvalue weighted by molar-refractivity contribution is -0.114. The Bertz CT molecular complexity index is 928. The molecule has 3 rings (SSSR count). The quantitative estimate of drug-likeness (QED) is 0.751. The van der Waals surface area contributed by atoms with E-state index in [4.69, 9.17) is 0 Å². The maximum Gasteiger partial charge on any atom is 0.243 e. The number of para-hydroxylation sites is 1. The summed E-state index contributed by atoms with van der Waals surface area (Å²) in [5.74, 6) is -0.471. The van der Waals surface area contributed by atoms with Gasteiger partial charge in [0.05, 0.1) is 11.2 Å². The second-order valence-electron chi connectivity index (χ2n) is 6.26. The first kappa shape index (κ1) is 17.4. The summed E-state index contributed by atoms with van der Waals surface area (Å²) in [7, 11) is 1.78. The lowest BCUT2D eigenvalue weighted by Gasteiger charge is -2.17.